The molecule has 0 bridgehead atoms. The highest BCUT2D eigenvalue weighted by Crippen LogP contribution is 2.48. The van der Waals surface area contributed by atoms with Crippen molar-refractivity contribution in [2.24, 2.45) is 17.3 Å². The van der Waals surface area contributed by atoms with Crippen molar-refractivity contribution in [2.45, 2.75) is 76.9 Å². The Balaban J connectivity index is 1.57. The van der Waals surface area contributed by atoms with E-state index in [0.717, 1.165) is 31.2 Å². The van der Waals surface area contributed by atoms with E-state index in [4.69, 9.17) is 4.74 Å². The first-order valence-electron chi connectivity index (χ1n) is 11.6. The van der Waals surface area contributed by atoms with E-state index in [2.05, 4.69) is 6.92 Å². The minimum absolute atomic E-state index is 0.0684. The molecule has 4 atom stereocenters. The number of rotatable bonds is 10. The van der Waals surface area contributed by atoms with Gasteiger partial charge in [-0.1, -0.05) is 44.1 Å². The number of carbonyl (C=O) groups is 2. The maximum Gasteiger partial charge on any atom is 0.337 e. The molecular formula is C26H36O5. The van der Waals surface area contributed by atoms with Crippen molar-refractivity contribution in [1.29, 1.82) is 0 Å². The van der Waals surface area contributed by atoms with Crippen molar-refractivity contribution < 1.29 is 24.5 Å². The Labute approximate surface area is 185 Å². The molecule has 0 spiro atoms. The van der Waals surface area contributed by atoms with Crippen LogP contribution in [0.2, 0.25) is 0 Å². The lowest BCUT2D eigenvalue weighted by Crippen LogP contribution is -2.41. The normalized spacial score (nSPS) is 26.1. The van der Waals surface area contributed by atoms with Gasteiger partial charge in [0.25, 0.3) is 0 Å². The van der Waals surface area contributed by atoms with Crippen LogP contribution in [0.5, 0.6) is 0 Å². The van der Waals surface area contributed by atoms with E-state index in [9.17, 15) is 19.8 Å². The molecule has 2 fully saturated rings. The fourth-order valence-electron chi connectivity index (χ4n) is 5.33. The number of aliphatic hydroxyl groups excluding tert-OH is 2. The summed E-state index contributed by atoms with van der Waals surface area (Å²) in [6, 6.07) is 7.24. The number of ketones is 1. The molecule has 0 aliphatic heterocycles. The Kier molecular flexibility index (Phi) is 8.06. The van der Waals surface area contributed by atoms with E-state index >= 15 is 0 Å². The van der Waals surface area contributed by atoms with Gasteiger partial charge in [-0.25, -0.2) is 4.79 Å². The monoisotopic (exact) mass is 428 g/mol. The Morgan fingerprint density at radius 1 is 1.29 bits per heavy atom. The highest BCUT2D eigenvalue weighted by molar-refractivity contribution is 5.89. The standard InChI is InChI=1S/C26H36O5/c1-3-14-26(15-5-16-26)24(29)7-4-6-20-21(23(28)17-22(20)27)13-10-18-8-11-19(12-9-18)25(30)31-2/h4,6,8-9,11-12,20-22,24,27,29H,3,5,7,10,13-17H2,1-2H3/t20-,21-,22-,24?/m1/s1. The zero-order valence-corrected chi connectivity index (χ0v) is 18.8. The third kappa shape index (κ3) is 5.45. The number of carbonyl (C=O) groups excluding carboxylic acids is 2. The van der Waals surface area contributed by atoms with Gasteiger partial charge >= 0.3 is 5.97 Å². The van der Waals surface area contributed by atoms with Crippen LogP contribution in [0.25, 0.3) is 0 Å². The lowest BCUT2D eigenvalue weighted by Gasteiger charge is -2.45. The summed E-state index contributed by atoms with van der Waals surface area (Å²) in [7, 11) is 1.36. The molecule has 2 saturated carbocycles. The first kappa shape index (κ1) is 23.7. The molecule has 0 amide bonds. The first-order valence-corrected chi connectivity index (χ1v) is 11.6. The predicted octanol–water partition coefficient (Wildman–Crippen LogP) is 4.25. The van der Waals surface area contributed by atoms with Gasteiger partial charge in [-0.15, -0.1) is 0 Å². The molecule has 170 valence electrons. The molecule has 0 radical (unpaired) electrons. The second kappa shape index (κ2) is 10.6. The lowest BCUT2D eigenvalue weighted by molar-refractivity contribution is -0.121. The summed E-state index contributed by atoms with van der Waals surface area (Å²) in [4.78, 5) is 24.1. The molecule has 0 heterocycles. The van der Waals surface area contributed by atoms with Crippen LogP contribution in [0.4, 0.5) is 0 Å². The second-order valence-electron chi connectivity index (χ2n) is 9.29. The molecule has 31 heavy (non-hydrogen) atoms. The van der Waals surface area contributed by atoms with Gasteiger partial charge in [0.2, 0.25) is 0 Å². The summed E-state index contributed by atoms with van der Waals surface area (Å²) in [5, 5.41) is 21.2. The smallest absolute Gasteiger partial charge is 0.337 e. The summed E-state index contributed by atoms with van der Waals surface area (Å²) in [6.45, 7) is 2.16. The molecule has 1 unspecified atom stereocenters. The summed E-state index contributed by atoms with van der Waals surface area (Å²) in [5.74, 6) is -0.666. The van der Waals surface area contributed by atoms with Gasteiger partial charge in [-0.05, 0) is 61.6 Å². The van der Waals surface area contributed by atoms with E-state index < -0.39 is 6.10 Å². The number of hydrogen-bond acceptors (Lipinski definition) is 5. The van der Waals surface area contributed by atoms with Crippen molar-refractivity contribution >= 4 is 11.8 Å². The zero-order valence-electron chi connectivity index (χ0n) is 18.8. The molecule has 2 aliphatic carbocycles. The van der Waals surface area contributed by atoms with Crippen molar-refractivity contribution in [1.82, 2.24) is 0 Å². The fourth-order valence-corrected chi connectivity index (χ4v) is 5.33. The number of hydrogen-bond donors (Lipinski definition) is 2. The average Bonchev–Trinajstić information content (AvgIpc) is 3.01. The van der Waals surface area contributed by atoms with Gasteiger partial charge in [-0.3, -0.25) is 4.79 Å². The van der Waals surface area contributed by atoms with Crippen LogP contribution < -0.4 is 0 Å². The van der Waals surface area contributed by atoms with E-state index in [1.807, 2.05) is 24.3 Å². The summed E-state index contributed by atoms with van der Waals surface area (Å²) in [6.07, 6.45) is 10.6. The third-order valence-electron chi connectivity index (χ3n) is 7.37. The molecule has 2 aliphatic rings. The SMILES string of the molecule is CCCC1(C(O)CC=C[C@H]2[C@H](O)CC(=O)[C@@H]2CCc2ccc(C(=O)OC)cc2)CCC1. The molecule has 0 saturated heterocycles. The minimum atomic E-state index is -0.652. The van der Waals surface area contributed by atoms with Crippen molar-refractivity contribution in [3.63, 3.8) is 0 Å². The Morgan fingerprint density at radius 3 is 2.58 bits per heavy atom. The minimum Gasteiger partial charge on any atom is -0.465 e. The van der Waals surface area contributed by atoms with Crippen LogP contribution >= 0.6 is 0 Å². The van der Waals surface area contributed by atoms with Gasteiger partial charge in [0.1, 0.15) is 5.78 Å². The number of aliphatic hydroxyl groups is 2. The van der Waals surface area contributed by atoms with Gasteiger partial charge in [0.15, 0.2) is 0 Å². The van der Waals surface area contributed by atoms with Gasteiger partial charge in [-0.2, -0.15) is 0 Å². The van der Waals surface area contributed by atoms with Crippen LogP contribution in [-0.2, 0) is 16.0 Å². The molecule has 3 rings (SSSR count). The van der Waals surface area contributed by atoms with E-state index in [1.165, 1.54) is 13.5 Å². The van der Waals surface area contributed by atoms with Crippen LogP contribution in [0.3, 0.4) is 0 Å². The molecule has 1 aromatic rings. The molecular weight excluding hydrogens is 392 g/mol. The molecule has 5 heteroatoms. The van der Waals surface area contributed by atoms with Crippen molar-refractivity contribution in [3.8, 4) is 0 Å². The quantitative estimate of drug-likeness (QED) is 0.430. The molecule has 0 aromatic heterocycles. The summed E-state index contributed by atoms with van der Waals surface area (Å²) in [5.41, 5.74) is 1.62. The maximum absolute atomic E-state index is 12.5. The first-order chi connectivity index (χ1) is 14.9. The van der Waals surface area contributed by atoms with Gasteiger partial charge < -0.3 is 14.9 Å². The van der Waals surface area contributed by atoms with Crippen LogP contribution in [0.15, 0.2) is 36.4 Å². The van der Waals surface area contributed by atoms with Crippen LogP contribution in [0, 0.1) is 17.3 Å². The highest BCUT2D eigenvalue weighted by atomic mass is 16.5. The molecule has 5 nitrogen and oxygen atoms in total. The number of esters is 1. The average molecular weight is 429 g/mol. The largest absolute Gasteiger partial charge is 0.465 e. The highest BCUT2D eigenvalue weighted by Gasteiger charge is 2.42. The number of methoxy groups -OCH3 is 1. The molecule has 1 aromatic carbocycles. The van der Waals surface area contributed by atoms with E-state index in [1.54, 1.807) is 12.1 Å². The number of Topliss-reactive ketones (excluding diaryl/α,β-unsaturated/α-hetero) is 1. The fraction of sp³-hybridized carbons (Fsp3) is 0.615. The van der Waals surface area contributed by atoms with Crippen molar-refractivity contribution in [2.75, 3.05) is 7.11 Å². The third-order valence-corrected chi connectivity index (χ3v) is 7.37. The number of benzene rings is 1. The van der Waals surface area contributed by atoms with Gasteiger partial charge in [0.05, 0.1) is 24.9 Å². The van der Waals surface area contributed by atoms with Gasteiger partial charge in [0, 0.05) is 18.3 Å². The van der Waals surface area contributed by atoms with E-state index in [0.29, 0.717) is 24.8 Å². The van der Waals surface area contributed by atoms with Crippen LogP contribution in [-0.4, -0.2) is 41.3 Å². The second-order valence-corrected chi connectivity index (χ2v) is 9.29. The number of ether oxygens (including phenoxy) is 1. The Hall–Kier alpha value is -1.98. The van der Waals surface area contributed by atoms with Crippen LogP contribution in [0.1, 0.15) is 74.2 Å². The predicted molar refractivity (Wildman–Crippen MR) is 120 cm³/mol. The Morgan fingerprint density at radius 2 is 2.00 bits per heavy atom. The maximum atomic E-state index is 12.5. The topological polar surface area (TPSA) is 83.8 Å². The Bertz CT molecular complexity index is 777. The van der Waals surface area contributed by atoms with E-state index in [-0.39, 0.29) is 41.5 Å². The zero-order chi connectivity index (χ0) is 22.4. The lowest BCUT2D eigenvalue weighted by atomic mass is 9.62. The summed E-state index contributed by atoms with van der Waals surface area (Å²) < 4.78 is 4.72. The summed E-state index contributed by atoms with van der Waals surface area (Å²) >= 11 is 0. The number of aryl methyl sites for hydroxylation is 1. The van der Waals surface area contributed by atoms with Crippen molar-refractivity contribution in [3.05, 3.63) is 47.5 Å². The molecule has 2 N–H and O–H groups in total.